The summed E-state index contributed by atoms with van der Waals surface area (Å²) in [5, 5.41) is 7.18. The zero-order chi connectivity index (χ0) is 22.0. The van der Waals surface area contributed by atoms with Gasteiger partial charge < -0.3 is 5.32 Å². The highest BCUT2D eigenvalue weighted by Crippen LogP contribution is 2.22. The molecule has 0 fully saturated rings. The Labute approximate surface area is 179 Å². The van der Waals surface area contributed by atoms with Crippen LogP contribution < -0.4 is 5.32 Å². The number of halogens is 1. The van der Waals surface area contributed by atoms with Crippen LogP contribution in [0.2, 0.25) is 0 Å². The zero-order valence-corrected chi connectivity index (χ0v) is 17.4. The molecule has 0 saturated heterocycles. The summed E-state index contributed by atoms with van der Waals surface area (Å²) in [5.74, 6) is -0.227. The highest BCUT2D eigenvalue weighted by molar-refractivity contribution is 5.95. The first-order valence-corrected chi connectivity index (χ1v) is 9.77. The molecule has 1 amide bonds. The summed E-state index contributed by atoms with van der Waals surface area (Å²) in [6.07, 6.45) is 3.18. The number of nitrogens with one attached hydrogen (secondary N) is 1. The van der Waals surface area contributed by atoms with Crippen LogP contribution in [0.15, 0.2) is 54.9 Å². The van der Waals surface area contributed by atoms with Crippen LogP contribution in [-0.4, -0.2) is 30.6 Å². The van der Waals surface area contributed by atoms with Gasteiger partial charge in [0.15, 0.2) is 0 Å². The largest absolute Gasteiger partial charge is 0.346 e. The van der Waals surface area contributed by atoms with E-state index in [9.17, 15) is 9.18 Å². The van der Waals surface area contributed by atoms with E-state index in [-0.39, 0.29) is 11.7 Å². The van der Waals surface area contributed by atoms with Gasteiger partial charge in [0.05, 0.1) is 35.4 Å². The lowest BCUT2D eigenvalue weighted by atomic mass is 10.1. The molecule has 0 aliphatic carbocycles. The second kappa shape index (κ2) is 8.43. The number of benzene rings is 1. The topological polar surface area (TPSA) is 85.6 Å². The SMILES string of the molecule is Cc1cccc(CNC(=O)c2cnn(-c3ncc(C)c(-c4ccc(F)cc4)n3)c2C)n1. The maximum Gasteiger partial charge on any atom is 0.255 e. The Hall–Kier alpha value is -3.94. The van der Waals surface area contributed by atoms with Crippen LogP contribution in [0.1, 0.15) is 33.0 Å². The Morgan fingerprint density at radius 2 is 1.81 bits per heavy atom. The van der Waals surface area contributed by atoms with Gasteiger partial charge in [0.2, 0.25) is 0 Å². The third-order valence-electron chi connectivity index (χ3n) is 4.90. The Bertz CT molecular complexity index is 1250. The highest BCUT2D eigenvalue weighted by Gasteiger charge is 2.17. The van der Waals surface area contributed by atoms with E-state index < -0.39 is 0 Å². The second-order valence-electron chi connectivity index (χ2n) is 7.22. The minimum Gasteiger partial charge on any atom is -0.346 e. The van der Waals surface area contributed by atoms with E-state index in [0.717, 1.165) is 22.5 Å². The van der Waals surface area contributed by atoms with Crippen molar-refractivity contribution in [2.45, 2.75) is 27.3 Å². The lowest BCUT2D eigenvalue weighted by Crippen LogP contribution is -2.24. The van der Waals surface area contributed by atoms with Gasteiger partial charge in [-0.1, -0.05) is 6.07 Å². The van der Waals surface area contributed by atoms with Gasteiger partial charge in [-0.25, -0.2) is 19.0 Å². The number of carbonyl (C=O) groups is 1. The Balaban J connectivity index is 1.58. The van der Waals surface area contributed by atoms with Crippen LogP contribution in [0, 0.1) is 26.6 Å². The first-order chi connectivity index (χ1) is 14.9. The lowest BCUT2D eigenvalue weighted by molar-refractivity contribution is 0.0949. The van der Waals surface area contributed by atoms with Crippen LogP contribution in [0.25, 0.3) is 17.2 Å². The Kier molecular flexibility index (Phi) is 5.53. The van der Waals surface area contributed by atoms with Crippen LogP contribution in [-0.2, 0) is 6.54 Å². The van der Waals surface area contributed by atoms with E-state index in [1.807, 2.05) is 32.0 Å². The number of aromatic nitrogens is 5. The summed E-state index contributed by atoms with van der Waals surface area (Å²) in [5.41, 5.74) is 5.02. The number of pyridine rings is 1. The number of hydrogen-bond donors (Lipinski definition) is 1. The molecule has 1 N–H and O–H groups in total. The number of nitrogens with zero attached hydrogens (tertiary/aromatic N) is 5. The standard InChI is InChI=1S/C23H21FN6O/c1-14-11-26-23(29-21(14)17-7-9-18(24)10-8-17)30-16(3)20(13-27-30)22(31)25-12-19-6-4-5-15(2)28-19/h4-11,13H,12H2,1-3H3,(H,25,31). The molecule has 0 unspecified atom stereocenters. The summed E-state index contributed by atoms with van der Waals surface area (Å²) in [6, 6.07) is 11.8. The van der Waals surface area contributed by atoms with Crippen LogP contribution in [0.5, 0.6) is 0 Å². The molecule has 0 aliphatic heterocycles. The smallest absolute Gasteiger partial charge is 0.255 e. The molecule has 1 aromatic carbocycles. The van der Waals surface area contributed by atoms with E-state index >= 15 is 0 Å². The molecule has 0 radical (unpaired) electrons. The Morgan fingerprint density at radius 3 is 2.55 bits per heavy atom. The molecule has 3 heterocycles. The molecule has 4 aromatic rings. The first kappa shape index (κ1) is 20.3. The highest BCUT2D eigenvalue weighted by atomic mass is 19.1. The van der Waals surface area contributed by atoms with E-state index in [1.165, 1.54) is 23.0 Å². The summed E-state index contributed by atoms with van der Waals surface area (Å²) in [6.45, 7) is 5.90. The minimum absolute atomic E-state index is 0.252. The molecule has 0 atom stereocenters. The average Bonchev–Trinajstić information content (AvgIpc) is 3.14. The molecule has 0 aliphatic rings. The predicted molar refractivity (Wildman–Crippen MR) is 114 cm³/mol. The molecule has 3 aromatic heterocycles. The lowest BCUT2D eigenvalue weighted by Gasteiger charge is -2.09. The van der Waals surface area contributed by atoms with Gasteiger partial charge in [-0.05, 0) is 62.7 Å². The van der Waals surface area contributed by atoms with Gasteiger partial charge in [-0.15, -0.1) is 0 Å². The number of amides is 1. The minimum atomic E-state index is -0.310. The molecule has 0 spiro atoms. The fourth-order valence-corrected chi connectivity index (χ4v) is 3.23. The van der Waals surface area contributed by atoms with E-state index in [2.05, 4.69) is 25.4 Å². The Morgan fingerprint density at radius 1 is 1.03 bits per heavy atom. The molecular formula is C23H21FN6O. The predicted octanol–water partition coefficient (Wildman–Crippen LogP) is 3.72. The van der Waals surface area contributed by atoms with E-state index in [0.29, 0.717) is 29.4 Å². The monoisotopic (exact) mass is 416 g/mol. The van der Waals surface area contributed by atoms with Crippen LogP contribution in [0.3, 0.4) is 0 Å². The van der Waals surface area contributed by atoms with Gasteiger partial charge in [-0.2, -0.15) is 5.10 Å². The number of aryl methyl sites for hydroxylation is 2. The first-order valence-electron chi connectivity index (χ1n) is 9.77. The van der Waals surface area contributed by atoms with Crippen LogP contribution >= 0.6 is 0 Å². The van der Waals surface area contributed by atoms with E-state index in [1.54, 1.807) is 25.3 Å². The quantitative estimate of drug-likeness (QED) is 0.536. The average molecular weight is 416 g/mol. The third kappa shape index (κ3) is 4.32. The fraction of sp³-hybridized carbons (Fsp3) is 0.174. The number of carbonyl (C=O) groups excluding carboxylic acids is 1. The van der Waals surface area contributed by atoms with Crippen molar-refractivity contribution >= 4 is 5.91 Å². The van der Waals surface area contributed by atoms with Crippen LogP contribution in [0.4, 0.5) is 4.39 Å². The van der Waals surface area contributed by atoms with E-state index in [4.69, 9.17) is 0 Å². The van der Waals surface area contributed by atoms with Gasteiger partial charge in [0.25, 0.3) is 11.9 Å². The van der Waals surface area contributed by atoms with Crippen molar-refractivity contribution in [2.24, 2.45) is 0 Å². The van der Waals surface area contributed by atoms with Crippen molar-refractivity contribution in [1.29, 1.82) is 0 Å². The summed E-state index contributed by atoms with van der Waals surface area (Å²) >= 11 is 0. The fourth-order valence-electron chi connectivity index (χ4n) is 3.23. The van der Waals surface area contributed by atoms with Crippen molar-refractivity contribution in [1.82, 2.24) is 30.0 Å². The maximum atomic E-state index is 13.3. The number of rotatable bonds is 5. The third-order valence-corrected chi connectivity index (χ3v) is 4.90. The van der Waals surface area contributed by atoms with Gasteiger partial charge in [0, 0.05) is 17.5 Å². The van der Waals surface area contributed by atoms with Crippen molar-refractivity contribution in [2.75, 3.05) is 0 Å². The second-order valence-corrected chi connectivity index (χ2v) is 7.22. The molecule has 8 heteroatoms. The molecule has 31 heavy (non-hydrogen) atoms. The van der Waals surface area contributed by atoms with Crippen molar-refractivity contribution in [3.05, 3.63) is 88.9 Å². The zero-order valence-electron chi connectivity index (χ0n) is 17.4. The summed E-state index contributed by atoms with van der Waals surface area (Å²) in [4.78, 5) is 26.0. The molecular weight excluding hydrogens is 395 g/mol. The molecule has 0 saturated carbocycles. The van der Waals surface area contributed by atoms with Gasteiger partial charge in [0.1, 0.15) is 5.82 Å². The van der Waals surface area contributed by atoms with Crippen molar-refractivity contribution in [3.63, 3.8) is 0 Å². The molecule has 7 nitrogen and oxygen atoms in total. The van der Waals surface area contributed by atoms with Crippen molar-refractivity contribution in [3.8, 4) is 17.2 Å². The van der Waals surface area contributed by atoms with Crippen molar-refractivity contribution < 1.29 is 9.18 Å². The van der Waals surface area contributed by atoms with Gasteiger partial charge in [-0.3, -0.25) is 9.78 Å². The maximum absolute atomic E-state index is 13.3. The molecule has 156 valence electrons. The molecule has 4 rings (SSSR count). The van der Waals surface area contributed by atoms with Gasteiger partial charge >= 0.3 is 0 Å². The molecule has 0 bridgehead atoms. The summed E-state index contributed by atoms with van der Waals surface area (Å²) < 4.78 is 14.8. The number of hydrogen-bond acceptors (Lipinski definition) is 5. The normalized spacial score (nSPS) is 10.8. The summed E-state index contributed by atoms with van der Waals surface area (Å²) in [7, 11) is 0.